The van der Waals surface area contributed by atoms with E-state index in [0.29, 0.717) is 18.1 Å². The lowest BCUT2D eigenvalue weighted by atomic mass is 10.0. The van der Waals surface area contributed by atoms with Crippen LogP contribution in [0.15, 0.2) is 29.2 Å². The second-order valence-electron chi connectivity index (χ2n) is 4.60. The lowest BCUT2D eigenvalue weighted by molar-refractivity contribution is 0.414. The number of sulfonamides is 1. The van der Waals surface area contributed by atoms with Crippen molar-refractivity contribution in [2.75, 3.05) is 13.0 Å². The smallest absolute Gasteiger partial charge is 0.241 e. The standard InChI is InChI=1S/C12H18ClNO3S/c1-12(2,8-9-13)14-18(15,16)11-6-4-10(17-3)5-7-11/h4-7,14H,8-9H2,1-3H3. The summed E-state index contributed by atoms with van der Waals surface area (Å²) in [7, 11) is -2.00. The van der Waals surface area contributed by atoms with E-state index in [9.17, 15) is 8.42 Å². The third-order valence-corrected chi connectivity index (χ3v) is 4.40. The summed E-state index contributed by atoms with van der Waals surface area (Å²) in [5, 5.41) is 0. The zero-order valence-corrected chi connectivity index (χ0v) is 12.3. The van der Waals surface area contributed by atoms with Crippen LogP contribution in [0.5, 0.6) is 5.75 Å². The quantitative estimate of drug-likeness (QED) is 0.819. The predicted octanol–water partition coefficient (Wildman–Crippen LogP) is 2.38. The average molecular weight is 292 g/mol. The normalized spacial score (nSPS) is 12.4. The number of rotatable bonds is 6. The van der Waals surface area contributed by atoms with Gasteiger partial charge in [-0.1, -0.05) is 0 Å². The zero-order valence-electron chi connectivity index (χ0n) is 10.7. The number of methoxy groups -OCH3 is 1. The lowest BCUT2D eigenvalue weighted by Gasteiger charge is -2.24. The molecule has 0 atom stereocenters. The van der Waals surface area contributed by atoms with E-state index >= 15 is 0 Å². The van der Waals surface area contributed by atoms with Crippen molar-refractivity contribution >= 4 is 21.6 Å². The van der Waals surface area contributed by atoms with Crippen molar-refractivity contribution in [3.8, 4) is 5.75 Å². The monoisotopic (exact) mass is 291 g/mol. The molecule has 18 heavy (non-hydrogen) atoms. The molecule has 1 N–H and O–H groups in total. The molecule has 4 nitrogen and oxygen atoms in total. The van der Waals surface area contributed by atoms with Crippen molar-refractivity contribution in [3.05, 3.63) is 24.3 Å². The van der Waals surface area contributed by atoms with Gasteiger partial charge in [-0.15, -0.1) is 11.6 Å². The van der Waals surface area contributed by atoms with E-state index in [1.807, 2.05) is 0 Å². The molecule has 102 valence electrons. The van der Waals surface area contributed by atoms with Crippen LogP contribution in [0.3, 0.4) is 0 Å². The first kappa shape index (κ1) is 15.3. The molecule has 6 heteroatoms. The largest absolute Gasteiger partial charge is 0.497 e. The Kier molecular flexibility index (Phi) is 5.01. The van der Waals surface area contributed by atoms with Crippen molar-refractivity contribution in [3.63, 3.8) is 0 Å². The summed E-state index contributed by atoms with van der Waals surface area (Å²) in [5.74, 6) is 1.02. The highest BCUT2D eigenvalue weighted by Gasteiger charge is 2.25. The minimum absolute atomic E-state index is 0.214. The Hall–Kier alpha value is -0.780. The molecule has 0 bridgehead atoms. The molecule has 1 aromatic rings. The van der Waals surface area contributed by atoms with Gasteiger partial charge >= 0.3 is 0 Å². The highest BCUT2D eigenvalue weighted by Crippen LogP contribution is 2.18. The molecule has 0 fully saturated rings. The van der Waals surface area contributed by atoms with Crippen LogP contribution in [0.1, 0.15) is 20.3 Å². The number of benzene rings is 1. The van der Waals surface area contributed by atoms with Gasteiger partial charge in [-0.2, -0.15) is 0 Å². The summed E-state index contributed by atoms with van der Waals surface area (Å²) in [6, 6.07) is 6.25. The van der Waals surface area contributed by atoms with Gasteiger partial charge in [0.05, 0.1) is 12.0 Å². The summed E-state index contributed by atoms with van der Waals surface area (Å²) in [6.07, 6.45) is 0.559. The van der Waals surface area contributed by atoms with Gasteiger partial charge in [0, 0.05) is 11.4 Å². The first-order chi connectivity index (χ1) is 8.30. The number of nitrogens with one attached hydrogen (secondary N) is 1. The minimum Gasteiger partial charge on any atom is -0.497 e. The van der Waals surface area contributed by atoms with Crippen LogP contribution in [-0.2, 0) is 10.0 Å². The predicted molar refractivity (Wildman–Crippen MR) is 72.7 cm³/mol. The maximum Gasteiger partial charge on any atom is 0.241 e. The summed E-state index contributed by atoms with van der Waals surface area (Å²) < 4.78 is 31.9. The average Bonchev–Trinajstić information content (AvgIpc) is 2.27. The van der Waals surface area contributed by atoms with E-state index in [4.69, 9.17) is 16.3 Å². The van der Waals surface area contributed by atoms with Crippen molar-refractivity contribution in [1.82, 2.24) is 4.72 Å². The summed E-state index contributed by atoms with van der Waals surface area (Å²) in [6.45, 7) is 3.60. The van der Waals surface area contributed by atoms with Crippen molar-refractivity contribution in [2.45, 2.75) is 30.7 Å². The van der Waals surface area contributed by atoms with Crippen LogP contribution in [0.25, 0.3) is 0 Å². The fraction of sp³-hybridized carbons (Fsp3) is 0.500. The second kappa shape index (κ2) is 5.91. The molecule has 0 spiro atoms. The van der Waals surface area contributed by atoms with Crippen LogP contribution in [0.2, 0.25) is 0 Å². The summed E-state index contributed by atoms with van der Waals surface area (Å²) >= 11 is 5.65. The molecular weight excluding hydrogens is 274 g/mol. The summed E-state index contributed by atoms with van der Waals surface area (Å²) in [4.78, 5) is 0.214. The maximum atomic E-state index is 12.1. The van der Waals surface area contributed by atoms with Crippen LogP contribution in [-0.4, -0.2) is 26.9 Å². The summed E-state index contributed by atoms with van der Waals surface area (Å²) in [5.41, 5.74) is -0.569. The third kappa shape index (κ3) is 4.15. The molecule has 1 aromatic carbocycles. The Morgan fingerprint density at radius 1 is 1.28 bits per heavy atom. The molecule has 0 aromatic heterocycles. The number of halogens is 1. The molecule has 0 unspecified atom stereocenters. The third-order valence-electron chi connectivity index (χ3n) is 2.50. The Labute approximate surface area is 113 Å². The Bertz CT molecular complexity index is 483. The molecule has 0 radical (unpaired) electrons. The van der Waals surface area contributed by atoms with Gasteiger partial charge in [0.15, 0.2) is 0 Å². The highest BCUT2D eigenvalue weighted by atomic mass is 35.5. The van der Waals surface area contributed by atoms with E-state index in [2.05, 4.69) is 4.72 Å². The lowest BCUT2D eigenvalue weighted by Crippen LogP contribution is -2.43. The van der Waals surface area contributed by atoms with Gasteiger partial charge in [0.25, 0.3) is 0 Å². The van der Waals surface area contributed by atoms with Gasteiger partial charge < -0.3 is 4.74 Å². The van der Waals surface area contributed by atoms with Gasteiger partial charge in [-0.25, -0.2) is 13.1 Å². The van der Waals surface area contributed by atoms with Crippen LogP contribution < -0.4 is 9.46 Å². The molecule has 1 rings (SSSR count). The van der Waals surface area contributed by atoms with Crippen LogP contribution in [0, 0.1) is 0 Å². The topological polar surface area (TPSA) is 55.4 Å². The Balaban J connectivity index is 2.92. The molecule has 0 aliphatic rings. The van der Waals surface area contributed by atoms with Gasteiger partial charge in [0.1, 0.15) is 5.75 Å². The Morgan fingerprint density at radius 3 is 2.28 bits per heavy atom. The van der Waals surface area contributed by atoms with Crippen molar-refractivity contribution in [2.24, 2.45) is 0 Å². The molecule has 0 saturated carbocycles. The number of alkyl halides is 1. The van der Waals surface area contributed by atoms with E-state index in [0.717, 1.165) is 0 Å². The molecule has 0 amide bonds. The highest BCUT2D eigenvalue weighted by molar-refractivity contribution is 7.89. The molecule has 0 aliphatic carbocycles. The number of hydrogen-bond acceptors (Lipinski definition) is 3. The number of hydrogen-bond donors (Lipinski definition) is 1. The van der Waals surface area contributed by atoms with Crippen molar-refractivity contribution in [1.29, 1.82) is 0 Å². The maximum absolute atomic E-state index is 12.1. The molecule has 0 aliphatic heterocycles. The van der Waals surface area contributed by atoms with E-state index in [1.54, 1.807) is 26.0 Å². The van der Waals surface area contributed by atoms with Crippen molar-refractivity contribution < 1.29 is 13.2 Å². The van der Waals surface area contributed by atoms with E-state index in [1.165, 1.54) is 19.2 Å². The minimum atomic E-state index is -3.53. The zero-order chi connectivity index (χ0) is 13.8. The Morgan fingerprint density at radius 2 is 1.83 bits per heavy atom. The van der Waals surface area contributed by atoms with Gasteiger partial charge in [-0.3, -0.25) is 0 Å². The van der Waals surface area contributed by atoms with Crippen LogP contribution >= 0.6 is 11.6 Å². The molecular formula is C12H18ClNO3S. The fourth-order valence-electron chi connectivity index (χ4n) is 1.46. The number of ether oxygens (including phenoxy) is 1. The fourth-order valence-corrected chi connectivity index (χ4v) is 3.38. The van der Waals surface area contributed by atoms with Crippen LogP contribution in [0.4, 0.5) is 0 Å². The van der Waals surface area contributed by atoms with E-state index in [-0.39, 0.29) is 4.90 Å². The first-order valence-electron chi connectivity index (χ1n) is 5.55. The SMILES string of the molecule is COc1ccc(S(=O)(=O)NC(C)(C)CCCl)cc1. The first-order valence-corrected chi connectivity index (χ1v) is 7.56. The molecule has 0 heterocycles. The molecule has 0 saturated heterocycles. The van der Waals surface area contributed by atoms with E-state index < -0.39 is 15.6 Å². The van der Waals surface area contributed by atoms with Gasteiger partial charge in [0.2, 0.25) is 10.0 Å². The second-order valence-corrected chi connectivity index (χ2v) is 6.66. The van der Waals surface area contributed by atoms with Gasteiger partial charge in [-0.05, 0) is 44.5 Å².